The van der Waals surface area contributed by atoms with Crippen LogP contribution in [0.5, 0.6) is 0 Å². The number of carbonyl (C=O) groups excluding carboxylic acids is 1. The SMILES string of the molecule is NC(=O)c1cccc2[nH]c(C3CCN(CCc4ccc(NS(=O)(=O)c5ccccc5)cc4)CC3)nc12. The number of likely N-dealkylation sites (tertiary alicyclic amines) is 1. The van der Waals surface area contributed by atoms with E-state index in [0.717, 1.165) is 55.8 Å². The molecule has 4 N–H and O–H groups in total. The highest BCUT2D eigenvalue weighted by Gasteiger charge is 2.24. The van der Waals surface area contributed by atoms with E-state index in [1.807, 2.05) is 36.4 Å². The number of hydrogen-bond donors (Lipinski definition) is 3. The molecule has 0 radical (unpaired) electrons. The van der Waals surface area contributed by atoms with Crippen LogP contribution in [-0.4, -0.2) is 48.8 Å². The summed E-state index contributed by atoms with van der Waals surface area (Å²) >= 11 is 0. The van der Waals surface area contributed by atoms with Crippen LogP contribution in [-0.2, 0) is 16.4 Å². The highest BCUT2D eigenvalue weighted by atomic mass is 32.2. The Morgan fingerprint density at radius 2 is 1.72 bits per heavy atom. The zero-order valence-electron chi connectivity index (χ0n) is 19.9. The van der Waals surface area contributed by atoms with Crippen molar-refractivity contribution < 1.29 is 13.2 Å². The molecule has 1 aliphatic heterocycles. The quantitative estimate of drug-likeness (QED) is 0.337. The first-order valence-corrected chi connectivity index (χ1v) is 13.5. The van der Waals surface area contributed by atoms with E-state index in [9.17, 15) is 13.2 Å². The van der Waals surface area contributed by atoms with E-state index < -0.39 is 15.9 Å². The van der Waals surface area contributed by atoms with Gasteiger partial charge in [-0.05, 0) is 74.3 Å². The molecule has 1 aromatic heterocycles. The zero-order chi connectivity index (χ0) is 25.1. The molecule has 2 heterocycles. The van der Waals surface area contributed by atoms with Crippen molar-refractivity contribution in [1.82, 2.24) is 14.9 Å². The third-order valence-corrected chi connectivity index (χ3v) is 8.14. The number of aromatic nitrogens is 2. The number of anilines is 1. The standard InChI is InChI=1S/C27H29N5O3S/c28-26(33)23-7-4-8-24-25(23)30-27(29-24)20-14-17-32(18-15-20)16-13-19-9-11-21(12-10-19)31-36(34,35)22-5-2-1-3-6-22/h1-12,20,31H,13-18H2,(H2,28,33)(H,29,30). The lowest BCUT2D eigenvalue weighted by Crippen LogP contribution is -2.34. The molecule has 1 fully saturated rings. The third kappa shape index (κ3) is 5.27. The molecule has 1 aliphatic rings. The van der Waals surface area contributed by atoms with E-state index >= 15 is 0 Å². The van der Waals surface area contributed by atoms with Crippen molar-refractivity contribution in [3.05, 3.63) is 89.7 Å². The lowest BCUT2D eigenvalue weighted by molar-refractivity contribution is 0.100. The van der Waals surface area contributed by atoms with Gasteiger partial charge in [0.2, 0.25) is 0 Å². The van der Waals surface area contributed by atoms with Gasteiger partial charge in [-0.2, -0.15) is 0 Å². The van der Waals surface area contributed by atoms with E-state index in [0.29, 0.717) is 22.7 Å². The third-order valence-electron chi connectivity index (χ3n) is 6.75. The smallest absolute Gasteiger partial charge is 0.261 e. The van der Waals surface area contributed by atoms with E-state index in [1.165, 1.54) is 0 Å². The summed E-state index contributed by atoms with van der Waals surface area (Å²) in [7, 11) is -3.59. The van der Waals surface area contributed by atoms with Gasteiger partial charge in [0.1, 0.15) is 11.3 Å². The molecule has 3 aromatic carbocycles. The minimum Gasteiger partial charge on any atom is -0.366 e. The lowest BCUT2D eigenvalue weighted by Gasteiger charge is -2.31. The first kappa shape index (κ1) is 24.0. The Hall–Kier alpha value is -3.69. The van der Waals surface area contributed by atoms with E-state index in [1.54, 1.807) is 36.4 Å². The fourth-order valence-corrected chi connectivity index (χ4v) is 5.79. The van der Waals surface area contributed by atoms with Gasteiger partial charge in [-0.25, -0.2) is 13.4 Å². The van der Waals surface area contributed by atoms with Crippen molar-refractivity contribution in [2.45, 2.75) is 30.1 Å². The number of nitrogens with one attached hydrogen (secondary N) is 2. The number of hydrogen-bond acceptors (Lipinski definition) is 5. The normalized spacial score (nSPS) is 15.2. The van der Waals surface area contributed by atoms with Crippen molar-refractivity contribution in [2.24, 2.45) is 5.73 Å². The number of nitrogens with zero attached hydrogens (tertiary/aromatic N) is 2. The fraction of sp³-hybridized carbons (Fsp3) is 0.259. The number of fused-ring (bicyclic) bond motifs is 1. The molecule has 4 aromatic rings. The molecule has 186 valence electrons. The Balaban J connectivity index is 1.13. The van der Waals surface area contributed by atoms with Gasteiger partial charge in [0.05, 0.1) is 16.0 Å². The fourth-order valence-electron chi connectivity index (χ4n) is 4.71. The van der Waals surface area contributed by atoms with E-state index in [-0.39, 0.29) is 4.90 Å². The number of imidazole rings is 1. The average molecular weight is 504 g/mol. The second-order valence-corrected chi connectivity index (χ2v) is 10.9. The summed E-state index contributed by atoms with van der Waals surface area (Å²) in [5.41, 5.74) is 9.16. The number of amides is 1. The molecule has 1 saturated heterocycles. The van der Waals surface area contributed by atoms with E-state index in [2.05, 4.69) is 14.6 Å². The summed E-state index contributed by atoms with van der Waals surface area (Å²) in [5, 5.41) is 0. The second kappa shape index (κ2) is 10.1. The highest BCUT2D eigenvalue weighted by molar-refractivity contribution is 7.92. The van der Waals surface area contributed by atoms with Gasteiger partial charge in [0, 0.05) is 18.2 Å². The number of piperidine rings is 1. The number of primary amides is 1. The van der Waals surface area contributed by atoms with Gasteiger partial charge in [-0.3, -0.25) is 9.52 Å². The predicted octanol–water partition coefficient (Wildman–Crippen LogP) is 3.88. The first-order chi connectivity index (χ1) is 17.4. The minimum absolute atomic E-state index is 0.244. The van der Waals surface area contributed by atoms with Crippen LogP contribution >= 0.6 is 0 Å². The van der Waals surface area contributed by atoms with Gasteiger partial charge in [0.25, 0.3) is 15.9 Å². The summed E-state index contributed by atoms with van der Waals surface area (Å²) in [5.74, 6) is 0.785. The number of rotatable bonds is 8. The number of sulfonamides is 1. The molecule has 8 nitrogen and oxygen atoms in total. The van der Waals surface area contributed by atoms with Crippen molar-refractivity contribution in [3.63, 3.8) is 0 Å². The Bertz CT molecular complexity index is 1460. The summed E-state index contributed by atoms with van der Waals surface area (Å²) in [6.45, 7) is 2.88. The maximum atomic E-state index is 12.5. The van der Waals surface area contributed by atoms with Crippen molar-refractivity contribution in [2.75, 3.05) is 24.4 Å². The van der Waals surface area contributed by atoms with Crippen molar-refractivity contribution in [3.8, 4) is 0 Å². The van der Waals surface area contributed by atoms with Crippen LogP contribution in [0.3, 0.4) is 0 Å². The Morgan fingerprint density at radius 3 is 2.42 bits per heavy atom. The topological polar surface area (TPSA) is 121 Å². The molecule has 5 rings (SSSR count). The summed E-state index contributed by atoms with van der Waals surface area (Å²) in [6.07, 6.45) is 2.88. The Kier molecular flexibility index (Phi) is 6.75. The molecule has 0 aliphatic carbocycles. The van der Waals surface area contributed by atoms with Crippen LogP contribution < -0.4 is 10.5 Å². The van der Waals surface area contributed by atoms with Crippen LogP contribution in [0.15, 0.2) is 77.7 Å². The zero-order valence-corrected chi connectivity index (χ0v) is 20.7. The van der Waals surface area contributed by atoms with Gasteiger partial charge in [-0.1, -0.05) is 36.4 Å². The number of nitrogens with two attached hydrogens (primary N) is 1. The predicted molar refractivity (Wildman–Crippen MR) is 140 cm³/mol. The molecule has 0 saturated carbocycles. The number of para-hydroxylation sites is 1. The summed E-state index contributed by atoms with van der Waals surface area (Å²) < 4.78 is 27.6. The molecular weight excluding hydrogens is 474 g/mol. The van der Waals surface area contributed by atoms with Gasteiger partial charge < -0.3 is 15.6 Å². The molecule has 0 bridgehead atoms. The average Bonchev–Trinajstić information content (AvgIpc) is 3.33. The number of carbonyl (C=O) groups is 1. The number of aromatic amines is 1. The largest absolute Gasteiger partial charge is 0.366 e. The highest BCUT2D eigenvalue weighted by Crippen LogP contribution is 2.29. The Labute approximate surface area is 210 Å². The molecule has 9 heteroatoms. The van der Waals surface area contributed by atoms with Crippen LogP contribution in [0.25, 0.3) is 11.0 Å². The monoisotopic (exact) mass is 503 g/mol. The van der Waals surface area contributed by atoms with Crippen molar-refractivity contribution >= 4 is 32.7 Å². The van der Waals surface area contributed by atoms with Crippen LogP contribution in [0.4, 0.5) is 5.69 Å². The molecule has 1 amide bonds. The molecule has 36 heavy (non-hydrogen) atoms. The van der Waals surface area contributed by atoms with Crippen molar-refractivity contribution in [1.29, 1.82) is 0 Å². The first-order valence-electron chi connectivity index (χ1n) is 12.1. The molecule has 0 spiro atoms. The van der Waals surface area contributed by atoms with Gasteiger partial charge in [-0.15, -0.1) is 0 Å². The maximum Gasteiger partial charge on any atom is 0.261 e. The van der Waals surface area contributed by atoms with Crippen LogP contribution in [0.2, 0.25) is 0 Å². The maximum absolute atomic E-state index is 12.5. The molecular formula is C27H29N5O3S. The molecule has 0 unspecified atom stereocenters. The minimum atomic E-state index is -3.59. The van der Waals surface area contributed by atoms with E-state index in [4.69, 9.17) is 10.7 Å². The Morgan fingerprint density at radius 1 is 1.00 bits per heavy atom. The summed E-state index contributed by atoms with van der Waals surface area (Å²) in [6, 6.07) is 21.4. The van der Waals surface area contributed by atoms with Gasteiger partial charge >= 0.3 is 0 Å². The number of H-pyrrole nitrogens is 1. The number of benzene rings is 3. The molecule has 0 atom stereocenters. The lowest BCUT2D eigenvalue weighted by atomic mass is 9.96. The van der Waals surface area contributed by atoms with Gasteiger partial charge in [0.15, 0.2) is 0 Å². The summed E-state index contributed by atoms with van der Waals surface area (Å²) in [4.78, 5) is 22.5. The van der Waals surface area contributed by atoms with Crippen LogP contribution in [0, 0.1) is 0 Å². The second-order valence-electron chi connectivity index (χ2n) is 9.17. The van der Waals surface area contributed by atoms with Crippen LogP contribution in [0.1, 0.15) is 40.5 Å².